The molecule has 0 saturated carbocycles. The summed E-state index contributed by atoms with van der Waals surface area (Å²) in [6.07, 6.45) is 0. The fourth-order valence-electron chi connectivity index (χ4n) is 4.12. The van der Waals surface area contributed by atoms with Gasteiger partial charge in [-0.25, -0.2) is 4.68 Å². The van der Waals surface area contributed by atoms with E-state index in [2.05, 4.69) is 58.3 Å². The predicted octanol–water partition coefficient (Wildman–Crippen LogP) is -0.644. The molecule has 8 heteroatoms. The lowest BCUT2D eigenvalue weighted by atomic mass is 10.1. The summed E-state index contributed by atoms with van der Waals surface area (Å²) in [7, 11) is 0. The number of nitrogen functional groups attached to an aromatic ring is 1. The van der Waals surface area contributed by atoms with E-state index in [1.807, 2.05) is 0 Å². The molecule has 2 saturated heterocycles. The van der Waals surface area contributed by atoms with Crippen LogP contribution < -0.4 is 16.5 Å². The summed E-state index contributed by atoms with van der Waals surface area (Å²) in [5, 5.41) is 15.8. The van der Waals surface area contributed by atoms with Gasteiger partial charge in [-0.3, -0.25) is 9.80 Å². The highest BCUT2D eigenvalue weighted by atomic mass is 15.4. The molecule has 4 atom stereocenters. The molecule has 8 nitrogen and oxygen atoms in total. The first-order valence-electron chi connectivity index (χ1n) is 9.05. The van der Waals surface area contributed by atoms with Crippen LogP contribution in [0.1, 0.15) is 39.3 Å². The molecule has 3 rings (SSSR count). The highest BCUT2D eigenvalue weighted by molar-refractivity contribution is 4.98. The minimum absolute atomic E-state index is 0.492. The fraction of sp³-hybridized carbons (Fsp3) is 0.875. The summed E-state index contributed by atoms with van der Waals surface area (Å²) < 4.78 is 1.69. The van der Waals surface area contributed by atoms with Crippen LogP contribution in [0.5, 0.6) is 0 Å². The topological polar surface area (TPSA) is 87.3 Å². The van der Waals surface area contributed by atoms with Crippen LogP contribution in [0.2, 0.25) is 0 Å². The van der Waals surface area contributed by atoms with Gasteiger partial charge < -0.3 is 16.5 Å². The van der Waals surface area contributed by atoms with Crippen LogP contribution in [0.3, 0.4) is 0 Å². The van der Waals surface area contributed by atoms with Crippen molar-refractivity contribution < 1.29 is 0 Å². The molecule has 4 N–H and O–H groups in total. The van der Waals surface area contributed by atoms with E-state index in [-0.39, 0.29) is 0 Å². The number of nitrogens with zero attached hydrogens (tertiary/aromatic N) is 5. The van der Waals surface area contributed by atoms with Crippen LogP contribution in [0.25, 0.3) is 0 Å². The van der Waals surface area contributed by atoms with Gasteiger partial charge >= 0.3 is 0 Å². The third-order valence-electron chi connectivity index (χ3n) is 4.83. The van der Waals surface area contributed by atoms with E-state index in [0.717, 1.165) is 50.9 Å². The second-order valence-corrected chi connectivity index (χ2v) is 7.73. The molecule has 0 aromatic carbocycles. The molecule has 1 aromatic heterocycles. The number of rotatable bonds is 4. The summed E-state index contributed by atoms with van der Waals surface area (Å²) in [5.74, 6) is 7.98. The first-order chi connectivity index (χ1) is 11.4. The first kappa shape index (κ1) is 17.6. The molecule has 0 aliphatic carbocycles. The maximum absolute atomic E-state index is 6.28. The number of nitrogens with one attached hydrogen (secondary N) is 2. The van der Waals surface area contributed by atoms with Crippen molar-refractivity contribution in [2.75, 3.05) is 32.0 Å². The van der Waals surface area contributed by atoms with E-state index >= 15 is 0 Å². The number of nitrogens with two attached hydrogens (primary N) is 1. The monoisotopic (exact) mass is 336 g/mol. The molecular weight excluding hydrogens is 304 g/mol. The van der Waals surface area contributed by atoms with Crippen LogP contribution in [-0.2, 0) is 13.1 Å². The second kappa shape index (κ2) is 7.35. The van der Waals surface area contributed by atoms with Gasteiger partial charge in [0.1, 0.15) is 0 Å². The quantitative estimate of drug-likeness (QED) is 0.630. The standard InChI is InChI=1S/C16H32N8/c1-11-5-22(6-12(2)18-11)9-15-20-21-16(24(15)17)10-23-7-13(3)19-14(4)8-23/h11-14,18-19H,5-10,17H2,1-4H3/t11-,12-,13-,14+/m0/s1. The van der Waals surface area contributed by atoms with E-state index in [1.54, 1.807) is 4.68 Å². The Hall–Kier alpha value is -1.22. The zero-order valence-electron chi connectivity index (χ0n) is 15.4. The summed E-state index contributed by atoms with van der Waals surface area (Å²) >= 11 is 0. The maximum Gasteiger partial charge on any atom is 0.165 e. The molecule has 0 radical (unpaired) electrons. The van der Waals surface area contributed by atoms with Gasteiger partial charge in [0.2, 0.25) is 0 Å². The lowest BCUT2D eigenvalue weighted by molar-refractivity contribution is 0.158. The average Bonchev–Trinajstić information content (AvgIpc) is 2.78. The Morgan fingerprint density at radius 3 is 1.46 bits per heavy atom. The lowest BCUT2D eigenvalue weighted by Gasteiger charge is -2.36. The molecule has 0 unspecified atom stereocenters. The largest absolute Gasteiger partial charge is 0.336 e. The van der Waals surface area contributed by atoms with Gasteiger partial charge in [0.05, 0.1) is 13.1 Å². The molecule has 2 fully saturated rings. The number of piperazine rings is 2. The van der Waals surface area contributed by atoms with Gasteiger partial charge in [-0.05, 0) is 27.7 Å². The molecule has 24 heavy (non-hydrogen) atoms. The van der Waals surface area contributed by atoms with Crippen molar-refractivity contribution in [3.63, 3.8) is 0 Å². The van der Waals surface area contributed by atoms with Gasteiger partial charge in [-0.1, -0.05) is 0 Å². The van der Waals surface area contributed by atoms with Crippen LogP contribution in [-0.4, -0.2) is 75.0 Å². The number of hydrogen-bond donors (Lipinski definition) is 3. The third-order valence-corrected chi connectivity index (χ3v) is 4.83. The fourth-order valence-corrected chi connectivity index (χ4v) is 4.12. The van der Waals surface area contributed by atoms with E-state index in [0.29, 0.717) is 24.2 Å². The number of hydrogen-bond acceptors (Lipinski definition) is 7. The van der Waals surface area contributed by atoms with E-state index in [1.165, 1.54) is 0 Å². The highest BCUT2D eigenvalue weighted by Gasteiger charge is 2.25. The molecule has 2 aliphatic rings. The Balaban J connectivity index is 1.61. The van der Waals surface area contributed by atoms with Crippen molar-refractivity contribution in [2.45, 2.75) is 65.0 Å². The molecule has 0 bridgehead atoms. The van der Waals surface area contributed by atoms with Crippen molar-refractivity contribution in [3.8, 4) is 0 Å². The van der Waals surface area contributed by atoms with Crippen LogP contribution in [0.15, 0.2) is 0 Å². The summed E-state index contributed by atoms with van der Waals surface area (Å²) in [4.78, 5) is 4.80. The smallest absolute Gasteiger partial charge is 0.165 e. The highest BCUT2D eigenvalue weighted by Crippen LogP contribution is 2.11. The van der Waals surface area contributed by atoms with Gasteiger partial charge in [-0.15, -0.1) is 10.2 Å². The first-order valence-corrected chi connectivity index (χ1v) is 9.05. The van der Waals surface area contributed by atoms with E-state index in [9.17, 15) is 0 Å². The molecule has 3 heterocycles. The zero-order chi connectivity index (χ0) is 17.3. The van der Waals surface area contributed by atoms with Crippen molar-refractivity contribution in [2.24, 2.45) is 0 Å². The Morgan fingerprint density at radius 1 is 0.792 bits per heavy atom. The maximum atomic E-state index is 6.28. The minimum atomic E-state index is 0.492. The van der Waals surface area contributed by atoms with Gasteiger partial charge in [0, 0.05) is 50.3 Å². The molecule has 2 aliphatic heterocycles. The Labute approximate surface area is 144 Å². The molecule has 136 valence electrons. The Bertz CT molecular complexity index is 479. The molecule has 0 amide bonds. The third kappa shape index (κ3) is 4.24. The number of aromatic nitrogens is 3. The summed E-state index contributed by atoms with van der Waals surface area (Å²) in [6, 6.07) is 1.97. The predicted molar refractivity (Wildman–Crippen MR) is 94.8 cm³/mol. The van der Waals surface area contributed by atoms with E-state index < -0.39 is 0 Å². The Morgan fingerprint density at radius 2 is 1.12 bits per heavy atom. The Kier molecular flexibility index (Phi) is 5.39. The van der Waals surface area contributed by atoms with Gasteiger partial charge in [0.15, 0.2) is 11.6 Å². The van der Waals surface area contributed by atoms with Crippen LogP contribution in [0.4, 0.5) is 0 Å². The van der Waals surface area contributed by atoms with Gasteiger partial charge in [-0.2, -0.15) is 0 Å². The molecule has 1 aromatic rings. The lowest BCUT2D eigenvalue weighted by Crippen LogP contribution is -2.54. The van der Waals surface area contributed by atoms with Crippen molar-refractivity contribution in [1.82, 2.24) is 35.3 Å². The van der Waals surface area contributed by atoms with Crippen LogP contribution in [0, 0.1) is 0 Å². The van der Waals surface area contributed by atoms with Gasteiger partial charge in [0.25, 0.3) is 0 Å². The van der Waals surface area contributed by atoms with Crippen molar-refractivity contribution in [1.29, 1.82) is 0 Å². The minimum Gasteiger partial charge on any atom is -0.336 e. The van der Waals surface area contributed by atoms with Crippen molar-refractivity contribution in [3.05, 3.63) is 11.6 Å². The molecule has 0 spiro atoms. The zero-order valence-corrected chi connectivity index (χ0v) is 15.4. The van der Waals surface area contributed by atoms with E-state index in [4.69, 9.17) is 5.84 Å². The second-order valence-electron chi connectivity index (χ2n) is 7.73. The summed E-state index contributed by atoms with van der Waals surface area (Å²) in [6.45, 7) is 14.4. The normalized spacial score (nSPS) is 33.0. The average molecular weight is 336 g/mol. The summed E-state index contributed by atoms with van der Waals surface area (Å²) in [5.41, 5.74) is 0. The van der Waals surface area contributed by atoms with Crippen molar-refractivity contribution >= 4 is 0 Å². The SMILES string of the molecule is C[C@@H]1CN(Cc2nnc(CN3C[C@H](C)N[C@@H](C)C3)n2N)C[C@H](C)N1. The van der Waals surface area contributed by atoms with Crippen LogP contribution >= 0.6 is 0 Å². The molecular formula is C16H32N8.